The first-order chi connectivity index (χ1) is 10.5. The number of rotatable bonds is 5. The van der Waals surface area contributed by atoms with Crippen molar-refractivity contribution in [2.24, 2.45) is 0 Å². The fraction of sp³-hybridized carbons (Fsp3) is 0.308. The van der Waals surface area contributed by atoms with Crippen LogP contribution >= 0.6 is 0 Å². The molecule has 1 heterocycles. The van der Waals surface area contributed by atoms with Crippen LogP contribution in [0.3, 0.4) is 0 Å². The van der Waals surface area contributed by atoms with E-state index in [1.165, 1.54) is 0 Å². The van der Waals surface area contributed by atoms with E-state index in [4.69, 9.17) is 9.47 Å². The van der Waals surface area contributed by atoms with Crippen LogP contribution in [0.4, 0.5) is 10.1 Å². The van der Waals surface area contributed by atoms with Crippen molar-refractivity contribution in [2.45, 2.75) is 13.8 Å². The van der Waals surface area contributed by atoms with Crippen LogP contribution in [-0.2, 0) is 4.74 Å². The fourth-order valence-corrected chi connectivity index (χ4v) is 1.76. The number of hydrogen-bond donors (Lipinski definition) is 0. The molecule has 0 saturated carbocycles. The first-order valence-corrected chi connectivity index (χ1v) is 6.43. The second-order valence-corrected chi connectivity index (χ2v) is 4.08. The predicted octanol–water partition coefficient (Wildman–Crippen LogP) is 2.25. The molecule has 0 radical (unpaired) electrons. The molecule has 2 rings (SSSR count). The number of carbonyl (C=O) groups excluding carboxylic acids is 1. The van der Waals surface area contributed by atoms with Crippen LogP contribution in [0.5, 0.6) is 5.88 Å². The maximum Gasteiger partial charge on any atom is 0.362 e. The SMILES string of the molecule is CCOC(=O)c1nc2cc([N+](=O)[O-])c(F)cc2nc1OCC. The van der Waals surface area contributed by atoms with E-state index >= 15 is 0 Å². The molecule has 1 aromatic heterocycles. The molecule has 0 amide bonds. The highest BCUT2D eigenvalue weighted by atomic mass is 19.1. The van der Waals surface area contributed by atoms with E-state index < -0.39 is 22.4 Å². The number of fused-ring (bicyclic) bond motifs is 1. The fourth-order valence-electron chi connectivity index (χ4n) is 1.76. The number of aromatic nitrogens is 2. The van der Waals surface area contributed by atoms with E-state index in [1.54, 1.807) is 13.8 Å². The predicted molar refractivity (Wildman–Crippen MR) is 73.3 cm³/mol. The van der Waals surface area contributed by atoms with Crippen LogP contribution in [0, 0.1) is 15.9 Å². The topological polar surface area (TPSA) is 104 Å². The number of nitro benzene ring substituents is 1. The van der Waals surface area contributed by atoms with Crippen LogP contribution in [0.1, 0.15) is 24.3 Å². The van der Waals surface area contributed by atoms with Crippen LogP contribution in [0.15, 0.2) is 12.1 Å². The van der Waals surface area contributed by atoms with Gasteiger partial charge < -0.3 is 9.47 Å². The molecule has 0 bridgehead atoms. The second-order valence-electron chi connectivity index (χ2n) is 4.08. The van der Waals surface area contributed by atoms with Crippen molar-refractivity contribution in [1.29, 1.82) is 0 Å². The molecule has 116 valence electrons. The van der Waals surface area contributed by atoms with Crippen LogP contribution in [0.2, 0.25) is 0 Å². The summed E-state index contributed by atoms with van der Waals surface area (Å²) in [5.74, 6) is -1.92. The highest BCUT2D eigenvalue weighted by Gasteiger charge is 2.22. The van der Waals surface area contributed by atoms with Gasteiger partial charge in [0.05, 0.1) is 29.2 Å². The van der Waals surface area contributed by atoms with Gasteiger partial charge in [-0.3, -0.25) is 10.1 Å². The van der Waals surface area contributed by atoms with Gasteiger partial charge in [-0.1, -0.05) is 0 Å². The van der Waals surface area contributed by atoms with E-state index in [9.17, 15) is 19.3 Å². The Kier molecular flexibility index (Phi) is 4.44. The van der Waals surface area contributed by atoms with Crippen molar-refractivity contribution < 1.29 is 23.6 Å². The number of esters is 1. The summed E-state index contributed by atoms with van der Waals surface area (Å²) in [6.07, 6.45) is 0. The zero-order valence-corrected chi connectivity index (χ0v) is 11.8. The van der Waals surface area contributed by atoms with Gasteiger partial charge in [0, 0.05) is 12.1 Å². The molecule has 0 fully saturated rings. The molecule has 0 atom stereocenters. The molecule has 1 aromatic carbocycles. The summed E-state index contributed by atoms with van der Waals surface area (Å²) in [7, 11) is 0. The Morgan fingerprint density at radius 1 is 1.27 bits per heavy atom. The lowest BCUT2D eigenvalue weighted by atomic mass is 10.2. The average Bonchev–Trinajstić information content (AvgIpc) is 2.46. The molecule has 8 nitrogen and oxygen atoms in total. The Morgan fingerprint density at radius 2 is 1.95 bits per heavy atom. The third-order valence-electron chi connectivity index (χ3n) is 2.65. The molecule has 0 aliphatic carbocycles. The van der Waals surface area contributed by atoms with Gasteiger partial charge in [-0.15, -0.1) is 0 Å². The normalized spacial score (nSPS) is 10.5. The van der Waals surface area contributed by atoms with Gasteiger partial charge in [-0.05, 0) is 13.8 Å². The Labute approximate surface area is 124 Å². The monoisotopic (exact) mass is 309 g/mol. The van der Waals surface area contributed by atoms with E-state index in [2.05, 4.69) is 9.97 Å². The number of nitrogens with zero attached hydrogens (tertiary/aromatic N) is 3. The minimum Gasteiger partial charge on any atom is -0.476 e. The Morgan fingerprint density at radius 3 is 2.55 bits per heavy atom. The summed E-state index contributed by atoms with van der Waals surface area (Å²) in [5.41, 5.74) is -0.919. The second kappa shape index (κ2) is 6.29. The van der Waals surface area contributed by atoms with Crippen LogP contribution < -0.4 is 4.74 Å². The Bertz CT molecular complexity index is 750. The van der Waals surface area contributed by atoms with Gasteiger partial charge in [-0.25, -0.2) is 14.8 Å². The summed E-state index contributed by atoms with van der Waals surface area (Å²) < 4.78 is 23.7. The molecular formula is C13H12FN3O5. The summed E-state index contributed by atoms with van der Waals surface area (Å²) >= 11 is 0. The molecule has 22 heavy (non-hydrogen) atoms. The standard InChI is InChI=1S/C13H12FN3O5/c1-3-21-12-11(13(18)22-4-2)15-9-6-10(17(19)20)7(14)5-8(9)16-12/h5-6H,3-4H2,1-2H3. The first-order valence-electron chi connectivity index (χ1n) is 6.43. The van der Waals surface area contributed by atoms with Gasteiger partial charge in [0.15, 0.2) is 0 Å². The van der Waals surface area contributed by atoms with Crippen molar-refractivity contribution in [3.63, 3.8) is 0 Å². The average molecular weight is 309 g/mol. The highest BCUT2D eigenvalue weighted by Crippen LogP contribution is 2.26. The minimum atomic E-state index is -1.04. The van der Waals surface area contributed by atoms with E-state index in [0.29, 0.717) is 0 Å². The number of nitro groups is 1. The Balaban J connectivity index is 2.66. The van der Waals surface area contributed by atoms with Gasteiger partial charge in [0.1, 0.15) is 0 Å². The van der Waals surface area contributed by atoms with Crippen molar-refractivity contribution in [3.05, 3.63) is 33.8 Å². The number of ether oxygens (including phenoxy) is 2. The lowest BCUT2D eigenvalue weighted by molar-refractivity contribution is -0.387. The zero-order valence-electron chi connectivity index (χ0n) is 11.8. The molecule has 9 heteroatoms. The zero-order chi connectivity index (χ0) is 16.3. The third-order valence-corrected chi connectivity index (χ3v) is 2.65. The summed E-state index contributed by atoms with van der Waals surface area (Å²) in [5, 5.41) is 10.8. The number of hydrogen-bond acceptors (Lipinski definition) is 7. The summed E-state index contributed by atoms with van der Waals surface area (Å²) in [6.45, 7) is 3.62. The maximum absolute atomic E-state index is 13.6. The molecule has 0 saturated heterocycles. The van der Waals surface area contributed by atoms with Crippen molar-refractivity contribution in [1.82, 2.24) is 9.97 Å². The molecular weight excluding hydrogens is 297 g/mol. The summed E-state index contributed by atoms with van der Waals surface area (Å²) in [6, 6.07) is 1.79. The smallest absolute Gasteiger partial charge is 0.362 e. The van der Waals surface area contributed by atoms with Crippen LogP contribution in [0.25, 0.3) is 11.0 Å². The minimum absolute atomic E-state index is 0.000365. The van der Waals surface area contributed by atoms with Gasteiger partial charge in [-0.2, -0.15) is 4.39 Å². The molecule has 0 N–H and O–H groups in total. The number of halogens is 1. The van der Waals surface area contributed by atoms with Crippen molar-refractivity contribution >= 4 is 22.7 Å². The maximum atomic E-state index is 13.6. The molecule has 0 aliphatic rings. The van der Waals surface area contributed by atoms with E-state index in [1.807, 2.05) is 0 Å². The van der Waals surface area contributed by atoms with Gasteiger partial charge in [0.2, 0.25) is 17.4 Å². The van der Waals surface area contributed by atoms with E-state index in [0.717, 1.165) is 12.1 Å². The lowest BCUT2D eigenvalue weighted by Gasteiger charge is -2.09. The molecule has 0 unspecified atom stereocenters. The lowest BCUT2D eigenvalue weighted by Crippen LogP contribution is -2.12. The molecule has 0 aliphatic heterocycles. The van der Waals surface area contributed by atoms with Gasteiger partial charge >= 0.3 is 11.7 Å². The van der Waals surface area contributed by atoms with Crippen molar-refractivity contribution in [2.75, 3.05) is 13.2 Å². The molecule has 2 aromatic rings. The van der Waals surface area contributed by atoms with Crippen LogP contribution in [-0.4, -0.2) is 34.1 Å². The third kappa shape index (κ3) is 2.92. The molecule has 0 spiro atoms. The number of carbonyl (C=O) groups is 1. The quantitative estimate of drug-likeness (QED) is 0.474. The van der Waals surface area contributed by atoms with Gasteiger partial charge in [0.25, 0.3) is 0 Å². The largest absolute Gasteiger partial charge is 0.476 e. The Hall–Kier alpha value is -2.84. The summed E-state index contributed by atoms with van der Waals surface area (Å²) in [4.78, 5) is 29.7. The highest BCUT2D eigenvalue weighted by molar-refractivity contribution is 5.92. The van der Waals surface area contributed by atoms with Crippen molar-refractivity contribution in [3.8, 4) is 5.88 Å². The first kappa shape index (κ1) is 15.5. The number of benzene rings is 1. The van der Waals surface area contributed by atoms with E-state index in [-0.39, 0.29) is 35.8 Å².